The van der Waals surface area contributed by atoms with Crippen molar-refractivity contribution in [1.82, 2.24) is 0 Å². The van der Waals surface area contributed by atoms with Crippen molar-refractivity contribution >= 4 is 73.4 Å². The molecular formula is C26H23BrCl3F5O2S. The van der Waals surface area contributed by atoms with Gasteiger partial charge in [0.1, 0.15) is 0 Å². The third-order valence-corrected chi connectivity index (χ3v) is 9.78. The Morgan fingerprint density at radius 2 is 1.79 bits per heavy atom. The number of rotatable bonds is 11. The van der Waals surface area contributed by atoms with E-state index in [4.69, 9.17) is 34.8 Å². The van der Waals surface area contributed by atoms with Crippen LogP contribution >= 0.6 is 50.7 Å². The van der Waals surface area contributed by atoms with E-state index in [0.29, 0.717) is 22.0 Å². The van der Waals surface area contributed by atoms with Gasteiger partial charge in [-0.3, -0.25) is 9.00 Å². The van der Waals surface area contributed by atoms with Gasteiger partial charge in [0.2, 0.25) is 0 Å². The third kappa shape index (κ3) is 8.26. The molecule has 1 fully saturated rings. The van der Waals surface area contributed by atoms with Gasteiger partial charge in [-0.05, 0) is 41.3 Å². The highest BCUT2D eigenvalue weighted by Gasteiger charge is 2.57. The maximum atomic E-state index is 13.8. The van der Waals surface area contributed by atoms with E-state index in [9.17, 15) is 31.0 Å². The van der Waals surface area contributed by atoms with Gasteiger partial charge >= 0.3 is 6.18 Å². The molecule has 1 aliphatic rings. The fourth-order valence-corrected chi connectivity index (χ4v) is 6.99. The number of carbonyl (C=O) groups is 1. The molecule has 0 N–H and O–H groups in total. The normalized spacial score (nSPS) is 19.4. The van der Waals surface area contributed by atoms with Crippen LogP contribution in [0.4, 0.5) is 22.0 Å². The van der Waals surface area contributed by atoms with Gasteiger partial charge in [0, 0.05) is 51.1 Å². The van der Waals surface area contributed by atoms with Gasteiger partial charge in [-0.15, -0.1) is 0 Å². The summed E-state index contributed by atoms with van der Waals surface area (Å²) in [5.41, 5.74) is 0.559. The van der Waals surface area contributed by atoms with Crippen molar-refractivity contribution in [3.63, 3.8) is 0 Å². The second-order valence-electron chi connectivity index (χ2n) is 9.25. The molecule has 208 valence electrons. The zero-order valence-electron chi connectivity index (χ0n) is 19.9. The highest BCUT2D eigenvalue weighted by atomic mass is 79.9. The molecule has 2 nitrogen and oxygen atoms in total. The number of benzene rings is 2. The molecule has 0 heterocycles. The zero-order valence-corrected chi connectivity index (χ0v) is 24.6. The monoisotopic (exact) mass is 678 g/mol. The SMILES string of the molecule is CC[C@@H](CC(=O)c1ccc(/C=C/C(c2cc(Cl)c(Cl)c(Cl)c2)C(F)(F)F)cc1Br)CS(=O)CC1CC1(F)F. The molecule has 1 saturated carbocycles. The van der Waals surface area contributed by atoms with E-state index in [1.54, 1.807) is 0 Å². The minimum absolute atomic E-state index is 0.0350. The summed E-state index contributed by atoms with van der Waals surface area (Å²) in [5.74, 6) is -5.99. The molecule has 2 aromatic carbocycles. The van der Waals surface area contributed by atoms with E-state index in [0.717, 1.165) is 18.2 Å². The van der Waals surface area contributed by atoms with Gasteiger partial charge in [0.05, 0.1) is 21.0 Å². The van der Waals surface area contributed by atoms with Gasteiger partial charge in [-0.2, -0.15) is 13.2 Å². The maximum Gasteiger partial charge on any atom is 0.399 e. The lowest BCUT2D eigenvalue weighted by Crippen LogP contribution is -2.19. The Morgan fingerprint density at radius 3 is 2.29 bits per heavy atom. The van der Waals surface area contributed by atoms with Crippen LogP contribution in [-0.4, -0.2) is 33.6 Å². The molecule has 0 radical (unpaired) electrons. The molecule has 12 heteroatoms. The molecule has 1 aliphatic carbocycles. The largest absolute Gasteiger partial charge is 0.399 e. The maximum absolute atomic E-state index is 13.8. The van der Waals surface area contributed by atoms with Crippen LogP contribution in [0.3, 0.4) is 0 Å². The first-order valence-electron chi connectivity index (χ1n) is 11.6. The van der Waals surface area contributed by atoms with Crippen molar-refractivity contribution in [2.75, 3.05) is 11.5 Å². The molecule has 0 saturated heterocycles. The van der Waals surface area contributed by atoms with Gasteiger partial charge in [0.25, 0.3) is 5.92 Å². The van der Waals surface area contributed by atoms with Crippen molar-refractivity contribution in [3.05, 3.63) is 72.6 Å². The molecule has 0 amide bonds. The highest BCUT2D eigenvalue weighted by molar-refractivity contribution is 9.10. The Morgan fingerprint density at radius 1 is 1.18 bits per heavy atom. The van der Waals surface area contributed by atoms with Crippen molar-refractivity contribution in [2.45, 2.75) is 44.2 Å². The first-order chi connectivity index (χ1) is 17.6. The lowest BCUT2D eigenvalue weighted by molar-refractivity contribution is -0.139. The van der Waals surface area contributed by atoms with Crippen LogP contribution in [0.2, 0.25) is 15.1 Å². The van der Waals surface area contributed by atoms with Crippen molar-refractivity contribution in [2.24, 2.45) is 11.8 Å². The fourth-order valence-electron chi connectivity index (χ4n) is 3.93. The Balaban J connectivity index is 1.71. The number of Topliss-reactive ketones (excluding diaryl/α,β-unsaturated/α-hetero) is 1. The number of hydrogen-bond donors (Lipinski definition) is 0. The summed E-state index contributed by atoms with van der Waals surface area (Å²) in [4.78, 5) is 12.9. The summed E-state index contributed by atoms with van der Waals surface area (Å²) in [6.45, 7) is 1.84. The number of carbonyl (C=O) groups excluding carboxylic acids is 1. The van der Waals surface area contributed by atoms with Crippen LogP contribution in [0.25, 0.3) is 6.08 Å². The molecule has 0 aliphatic heterocycles. The summed E-state index contributed by atoms with van der Waals surface area (Å²) in [5, 5.41) is -0.226. The number of ketones is 1. The Bertz CT molecular complexity index is 1230. The smallest absolute Gasteiger partial charge is 0.294 e. The average Bonchev–Trinajstić information content (AvgIpc) is 3.40. The number of hydrogen-bond acceptors (Lipinski definition) is 2. The van der Waals surface area contributed by atoms with Gasteiger partial charge in [0.15, 0.2) is 5.78 Å². The van der Waals surface area contributed by atoms with E-state index in [1.807, 2.05) is 6.92 Å². The fraction of sp³-hybridized carbons (Fsp3) is 0.423. The lowest BCUT2D eigenvalue weighted by atomic mass is 9.95. The lowest BCUT2D eigenvalue weighted by Gasteiger charge is -2.18. The van der Waals surface area contributed by atoms with E-state index < -0.39 is 34.7 Å². The number of alkyl halides is 5. The zero-order chi connectivity index (χ0) is 28.4. The summed E-state index contributed by atoms with van der Waals surface area (Å²) < 4.78 is 80.3. The Labute approximate surface area is 243 Å². The van der Waals surface area contributed by atoms with Crippen LogP contribution in [0, 0.1) is 11.8 Å². The van der Waals surface area contributed by atoms with Crippen molar-refractivity contribution in [1.29, 1.82) is 0 Å². The third-order valence-electron chi connectivity index (χ3n) is 6.31. The molecule has 0 aromatic heterocycles. The predicted octanol–water partition coefficient (Wildman–Crippen LogP) is 9.77. The van der Waals surface area contributed by atoms with Crippen molar-refractivity contribution in [3.8, 4) is 0 Å². The Hall–Kier alpha value is -1.00. The van der Waals surface area contributed by atoms with Gasteiger partial charge in [-0.1, -0.05) is 82.3 Å². The Kier molecular flexibility index (Phi) is 10.5. The van der Waals surface area contributed by atoms with Crippen LogP contribution in [0.5, 0.6) is 0 Å². The first-order valence-corrected chi connectivity index (χ1v) is 15.0. The van der Waals surface area contributed by atoms with E-state index in [-0.39, 0.29) is 56.7 Å². The molecule has 2 aromatic rings. The molecule has 0 spiro atoms. The van der Waals surface area contributed by atoms with E-state index in [1.165, 1.54) is 24.3 Å². The first kappa shape index (κ1) is 31.5. The van der Waals surface area contributed by atoms with E-state index in [2.05, 4.69) is 15.9 Å². The minimum atomic E-state index is -4.63. The number of halogens is 9. The van der Waals surface area contributed by atoms with Crippen molar-refractivity contribution < 1.29 is 31.0 Å². The summed E-state index contributed by atoms with van der Waals surface area (Å²) in [6, 6.07) is 6.76. The molecule has 0 bridgehead atoms. The van der Waals surface area contributed by atoms with Crippen LogP contribution in [0.1, 0.15) is 53.6 Å². The highest BCUT2D eigenvalue weighted by Crippen LogP contribution is 2.49. The average molecular weight is 681 g/mol. The second-order valence-corrected chi connectivity index (χ2v) is 12.8. The summed E-state index contributed by atoms with van der Waals surface area (Å²) in [6.07, 6.45) is -2.01. The molecular weight excluding hydrogens is 658 g/mol. The van der Waals surface area contributed by atoms with Gasteiger partial charge in [-0.25, -0.2) is 8.78 Å². The van der Waals surface area contributed by atoms with Gasteiger partial charge < -0.3 is 0 Å². The standard InChI is InChI=1S/C26H23BrCl3F5O2S/c1-2-14(12-38(37)13-17-11-25(17,31)32)8-23(36)18-5-3-15(7-20(18)27)4-6-19(26(33,34)35)16-9-21(28)24(30)22(29)10-16/h3-7,9-10,14,17,19H,2,8,11-13H2,1H3/b6-4+/t14-,17?,19?,38?/m0/s1. The van der Waals surface area contributed by atoms with Crippen LogP contribution in [0.15, 0.2) is 40.9 Å². The number of allylic oxidation sites excluding steroid dienone is 1. The molecule has 3 unspecified atom stereocenters. The van der Waals surface area contributed by atoms with Crippen LogP contribution < -0.4 is 0 Å². The predicted molar refractivity (Wildman–Crippen MR) is 147 cm³/mol. The molecule has 4 atom stereocenters. The quantitative estimate of drug-likeness (QED) is 0.135. The molecule has 3 rings (SSSR count). The molecule has 38 heavy (non-hydrogen) atoms. The second kappa shape index (κ2) is 12.7. The summed E-state index contributed by atoms with van der Waals surface area (Å²) in [7, 11) is -1.45. The summed E-state index contributed by atoms with van der Waals surface area (Å²) >= 11 is 21.0. The minimum Gasteiger partial charge on any atom is -0.294 e. The van der Waals surface area contributed by atoms with Crippen LogP contribution in [-0.2, 0) is 10.8 Å². The topological polar surface area (TPSA) is 34.1 Å². The van der Waals surface area contributed by atoms with E-state index >= 15 is 0 Å².